The maximum Gasteiger partial charge on any atom is 0.258 e. The van der Waals surface area contributed by atoms with Gasteiger partial charge in [0.05, 0.1) is 11.1 Å². The molecular weight excluding hydrogens is 374 g/mol. The number of ether oxygens (including phenoxy) is 1. The van der Waals surface area contributed by atoms with Gasteiger partial charge in [0.2, 0.25) is 0 Å². The maximum absolute atomic E-state index is 11.9. The van der Waals surface area contributed by atoms with E-state index in [9.17, 15) is 4.79 Å². The molecule has 0 saturated heterocycles. The van der Waals surface area contributed by atoms with E-state index in [1.165, 1.54) is 0 Å². The largest absolute Gasteiger partial charge is 0.482 e. The van der Waals surface area contributed by atoms with Gasteiger partial charge in [-0.1, -0.05) is 33.6 Å². The van der Waals surface area contributed by atoms with Crippen LogP contribution in [0, 0.1) is 6.92 Å². The van der Waals surface area contributed by atoms with Crippen LogP contribution in [0.1, 0.15) is 23.4 Å². The van der Waals surface area contributed by atoms with Crippen molar-refractivity contribution in [1.82, 2.24) is 5.32 Å². The van der Waals surface area contributed by atoms with Crippen LogP contribution in [0.5, 0.6) is 5.75 Å². The molecule has 0 aliphatic carbocycles. The molecule has 0 fully saturated rings. The SMILES string of the molecule is Cc1cc(Br)cc(Cl)c1OCC(=O)N[C@H](C)c1cccs1. The summed E-state index contributed by atoms with van der Waals surface area (Å²) in [6, 6.07) is 7.57. The first kappa shape index (κ1) is 16.3. The number of amides is 1. The molecule has 21 heavy (non-hydrogen) atoms. The number of benzene rings is 1. The molecule has 1 atom stereocenters. The first-order valence-electron chi connectivity index (χ1n) is 6.38. The molecule has 1 aromatic heterocycles. The van der Waals surface area contributed by atoms with Crippen molar-refractivity contribution in [3.63, 3.8) is 0 Å². The van der Waals surface area contributed by atoms with Crippen LogP contribution >= 0.6 is 38.9 Å². The molecule has 1 amide bonds. The number of nitrogens with one attached hydrogen (secondary N) is 1. The summed E-state index contributed by atoms with van der Waals surface area (Å²) in [7, 11) is 0. The summed E-state index contributed by atoms with van der Waals surface area (Å²) < 4.78 is 6.42. The third-order valence-corrected chi connectivity index (χ3v) is 4.68. The highest BCUT2D eigenvalue weighted by Crippen LogP contribution is 2.31. The molecule has 0 saturated carbocycles. The van der Waals surface area contributed by atoms with Crippen molar-refractivity contribution >= 4 is 44.8 Å². The van der Waals surface area contributed by atoms with E-state index in [0.717, 1.165) is 14.9 Å². The van der Waals surface area contributed by atoms with Crippen LogP contribution in [0.15, 0.2) is 34.1 Å². The van der Waals surface area contributed by atoms with Crippen molar-refractivity contribution in [1.29, 1.82) is 0 Å². The second kappa shape index (κ2) is 7.29. The highest BCUT2D eigenvalue weighted by Gasteiger charge is 2.13. The van der Waals surface area contributed by atoms with Crippen LogP contribution in [0.4, 0.5) is 0 Å². The minimum Gasteiger partial charge on any atom is -0.482 e. The normalized spacial score (nSPS) is 12.0. The van der Waals surface area contributed by atoms with E-state index in [1.54, 1.807) is 17.4 Å². The monoisotopic (exact) mass is 387 g/mol. The third-order valence-electron chi connectivity index (χ3n) is 2.89. The molecule has 1 heterocycles. The lowest BCUT2D eigenvalue weighted by atomic mass is 10.2. The van der Waals surface area contributed by atoms with Crippen LogP contribution in [0.25, 0.3) is 0 Å². The lowest BCUT2D eigenvalue weighted by molar-refractivity contribution is -0.123. The zero-order valence-corrected chi connectivity index (χ0v) is 14.8. The van der Waals surface area contributed by atoms with E-state index < -0.39 is 0 Å². The van der Waals surface area contributed by atoms with E-state index in [4.69, 9.17) is 16.3 Å². The first-order valence-corrected chi connectivity index (χ1v) is 8.43. The number of hydrogen-bond donors (Lipinski definition) is 1. The Bertz CT molecular complexity index is 608. The zero-order valence-electron chi connectivity index (χ0n) is 11.7. The van der Waals surface area contributed by atoms with Crippen LogP contribution in [-0.4, -0.2) is 12.5 Å². The highest BCUT2D eigenvalue weighted by molar-refractivity contribution is 9.10. The number of rotatable bonds is 5. The smallest absolute Gasteiger partial charge is 0.258 e. The average Bonchev–Trinajstić information content (AvgIpc) is 2.91. The Labute approximate surface area is 141 Å². The first-order chi connectivity index (χ1) is 9.97. The van der Waals surface area contributed by atoms with Crippen LogP contribution < -0.4 is 10.1 Å². The number of carbonyl (C=O) groups excluding carboxylic acids is 1. The Hall–Kier alpha value is -1.04. The molecule has 0 aliphatic rings. The molecule has 6 heteroatoms. The summed E-state index contributed by atoms with van der Waals surface area (Å²) in [4.78, 5) is 13.0. The van der Waals surface area contributed by atoms with Gasteiger partial charge in [0, 0.05) is 9.35 Å². The Morgan fingerprint density at radius 1 is 1.52 bits per heavy atom. The van der Waals surface area contributed by atoms with Gasteiger partial charge in [0.1, 0.15) is 5.75 Å². The van der Waals surface area contributed by atoms with Gasteiger partial charge in [0.15, 0.2) is 6.61 Å². The van der Waals surface area contributed by atoms with Gasteiger partial charge in [-0.15, -0.1) is 11.3 Å². The molecule has 1 aromatic carbocycles. The van der Waals surface area contributed by atoms with Crippen LogP contribution in [0.3, 0.4) is 0 Å². The molecule has 1 N–H and O–H groups in total. The molecule has 0 aliphatic heterocycles. The lowest BCUT2D eigenvalue weighted by Gasteiger charge is -2.14. The van der Waals surface area contributed by atoms with Gasteiger partial charge in [-0.3, -0.25) is 4.79 Å². The fourth-order valence-corrected chi connectivity index (χ4v) is 3.66. The summed E-state index contributed by atoms with van der Waals surface area (Å²) in [5.41, 5.74) is 0.883. The van der Waals surface area contributed by atoms with Gasteiger partial charge in [0.25, 0.3) is 5.91 Å². The lowest BCUT2D eigenvalue weighted by Crippen LogP contribution is -2.31. The van der Waals surface area contributed by atoms with Gasteiger partial charge in [-0.25, -0.2) is 0 Å². The predicted molar refractivity (Wildman–Crippen MR) is 90.3 cm³/mol. The number of hydrogen-bond acceptors (Lipinski definition) is 3. The summed E-state index contributed by atoms with van der Waals surface area (Å²) in [6.07, 6.45) is 0. The van der Waals surface area contributed by atoms with Crippen molar-refractivity contribution in [2.75, 3.05) is 6.61 Å². The fraction of sp³-hybridized carbons (Fsp3) is 0.267. The van der Waals surface area contributed by atoms with Gasteiger partial charge in [-0.05, 0) is 43.0 Å². The molecule has 0 spiro atoms. The van der Waals surface area contributed by atoms with Gasteiger partial charge in [-0.2, -0.15) is 0 Å². The van der Waals surface area contributed by atoms with E-state index in [1.807, 2.05) is 37.4 Å². The Morgan fingerprint density at radius 2 is 2.29 bits per heavy atom. The Kier molecular flexibility index (Phi) is 5.67. The van der Waals surface area contributed by atoms with E-state index >= 15 is 0 Å². The third kappa shape index (κ3) is 4.46. The van der Waals surface area contributed by atoms with E-state index in [0.29, 0.717) is 10.8 Å². The molecule has 2 rings (SSSR count). The van der Waals surface area contributed by atoms with Crippen LogP contribution in [0.2, 0.25) is 5.02 Å². The summed E-state index contributed by atoms with van der Waals surface area (Å²) in [5.74, 6) is 0.369. The molecule has 0 unspecified atom stereocenters. The zero-order chi connectivity index (χ0) is 15.4. The minimum absolute atomic E-state index is 0.0254. The van der Waals surface area contributed by atoms with Crippen molar-refractivity contribution in [2.24, 2.45) is 0 Å². The minimum atomic E-state index is -0.172. The average molecular weight is 389 g/mol. The molecule has 112 valence electrons. The Morgan fingerprint density at radius 3 is 2.90 bits per heavy atom. The summed E-state index contributed by atoms with van der Waals surface area (Å²) >= 11 is 11.1. The van der Waals surface area contributed by atoms with Crippen molar-refractivity contribution < 1.29 is 9.53 Å². The highest BCUT2D eigenvalue weighted by atomic mass is 79.9. The van der Waals surface area contributed by atoms with Crippen molar-refractivity contribution in [2.45, 2.75) is 19.9 Å². The van der Waals surface area contributed by atoms with Crippen molar-refractivity contribution in [3.05, 3.63) is 49.6 Å². The van der Waals surface area contributed by atoms with Crippen molar-refractivity contribution in [3.8, 4) is 5.75 Å². The number of halogens is 2. The quantitative estimate of drug-likeness (QED) is 0.804. The number of carbonyl (C=O) groups is 1. The summed E-state index contributed by atoms with van der Waals surface area (Å²) in [5, 5.41) is 5.37. The van der Waals surface area contributed by atoms with Crippen LogP contribution in [-0.2, 0) is 4.79 Å². The van der Waals surface area contributed by atoms with E-state index in [-0.39, 0.29) is 18.6 Å². The van der Waals surface area contributed by atoms with Gasteiger partial charge < -0.3 is 10.1 Å². The summed E-state index contributed by atoms with van der Waals surface area (Å²) in [6.45, 7) is 3.78. The maximum atomic E-state index is 11.9. The van der Waals surface area contributed by atoms with Gasteiger partial charge >= 0.3 is 0 Å². The number of aryl methyl sites for hydroxylation is 1. The second-order valence-electron chi connectivity index (χ2n) is 4.63. The molecule has 0 radical (unpaired) electrons. The Balaban J connectivity index is 1.93. The number of thiophene rings is 1. The second-order valence-corrected chi connectivity index (χ2v) is 6.93. The standard InChI is InChI=1S/C15H15BrClNO2S/c1-9-6-11(16)7-12(17)15(9)20-8-14(19)18-10(2)13-4-3-5-21-13/h3-7,10H,8H2,1-2H3,(H,18,19)/t10-/m1/s1. The van der Waals surface area contributed by atoms with E-state index in [2.05, 4.69) is 21.2 Å². The molecule has 3 nitrogen and oxygen atoms in total. The molecular formula is C15H15BrClNO2S. The topological polar surface area (TPSA) is 38.3 Å². The molecule has 2 aromatic rings. The fourth-order valence-electron chi connectivity index (χ4n) is 1.90. The molecule has 0 bridgehead atoms. The predicted octanol–water partition coefficient (Wildman–Crippen LogP) is 4.73.